The van der Waals surface area contributed by atoms with Gasteiger partial charge in [-0.1, -0.05) is 6.58 Å². The van der Waals surface area contributed by atoms with Crippen molar-refractivity contribution in [3.8, 4) is 0 Å². The lowest BCUT2D eigenvalue weighted by molar-refractivity contribution is -0.137. The number of nitrogens with zero attached hydrogens (tertiary/aromatic N) is 3. The second kappa shape index (κ2) is 6.65. The van der Waals surface area contributed by atoms with Gasteiger partial charge >= 0.3 is 18.2 Å². The molecule has 0 fully saturated rings. The predicted molar refractivity (Wildman–Crippen MR) is 97.6 cm³/mol. The summed E-state index contributed by atoms with van der Waals surface area (Å²) in [5, 5.41) is 2.76. The van der Waals surface area contributed by atoms with E-state index in [9.17, 15) is 13.2 Å². The van der Waals surface area contributed by atoms with Crippen molar-refractivity contribution in [2.24, 2.45) is 3.21 Å². The summed E-state index contributed by atoms with van der Waals surface area (Å²) in [6.45, 7) is 6.32. The molecule has 0 bridgehead atoms. The van der Waals surface area contributed by atoms with E-state index >= 15 is 0 Å². The van der Waals surface area contributed by atoms with Crippen molar-refractivity contribution in [2.75, 3.05) is 18.9 Å². The Bertz CT molecular complexity index is 889. The van der Waals surface area contributed by atoms with E-state index in [1.807, 2.05) is 18.9 Å². The van der Waals surface area contributed by atoms with Crippen molar-refractivity contribution in [1.29, 1.82) is 0 Å². The van der Waals surface area contributed by atoms with Crippen molar-refractivity contribution in [3.63, 3.8) is 0 Å². The Morgan fingerprint density at radius 3 is 2.84 bits per heavy atom. The number of allylic oxidation sites excluding steroid dienone is 1. The zero-order valence-corrected chi connectivity index (χ0v) is 15.5. The Morgan fingerprint density at radius 1 is 1.40 bits per heavy atom. The minimum atomic E-state index is -4.43. The van der Waals surface area contributed by atoms with E-state index in [0.717, 1.165) is 21.5 Å². The minimum Gasteiger partial charge on any atom is -0.423 e. The molecule has 134 valence electrons. The van der Waals surface area contributed by atoms with Crippen LogP contribution in [0.15, 0.2) is 38.1 Å². The fraction of sp³-hybridized carbons (Fsp3) is 0.267. The Balaban J connectivity index is 1.67. The average molecular weight is 466 g/mol. The summed E-state index contributed by atoms with van der Waals surface area (Å²) in [5.41, 5.74) is 0.478. The summed E-state index contributed by atoms with van der Waals surface area (Å²) in [6.07, 6.45) is -4.43. The number of ether oxygens (including phenoxy) is 1. The zero-order valence-electron chi connectivity index (χ0n) is 13.3. The molecule has 1 aliphatic rings. The van der Waals surface area contributed by atoms with Gasteiger partial charge < -0.3 is 14.1 Å². The largest absolute Gasteiger partial charge is 0.423 e. The number of oxazole rings is 1. The van der Waals surface area contributed by atoms with Crippen LogP contribution in [0.4, 0.5) is 19.2 Å². The van der Waals surface area contributed by atoms with Gasteiger partial charge in [-0.2, -0.15) is 21.4 Å². The van der Waals surface area contributed by atoms with Crippen LogP contribution < -0.4 is 5.32 Å². The van der Waals surface area contributed by atoms with Crippen molar-refractivity contribution < 1.29 is 22.3 Å². The molecule has 0 aliphatic carbocycles. The number of aromatic nitrogens is 1. The number of hydrogen-bond donors (Lipinski definition) is 1. The monoisotopic (exact) mass is 466 g/mol. The molecule has 0 saturated carbocycles. The highest BCUT2D eigenvalue weighted by Crippen LogP contribution is 2.32. The van der Waals surface area contributed by atoms with Gasteiger partial charge in [0.2, 0.25) is 0 Å². The van der Waals surface area contributed by atoms with Crippen molar-refractivity contribution >= 4 is 47.8 Å². The molecule has 25 heavy (non-hydrogen) atoms. The van der Waals surface area contributed by atoms with Crippen LogP contribution in [0.1, 0.15) is 12.5 Å². The second-order valence-corrected chi connectivity index (χ2v) is 7.52. The molecular formula is C15H14F3IN4O2. The first kappa shape index (κ1) is 17.7. The van der Waals surface area contributed by atoms with E-state index in [0.29, 0.717) is 6.54 Å². The van der Waals surface area contributed by atoms with Gasteiger partial charge in [0.15, 0.2) is 9.28 Å². The lowest BCUT2D eigenvalue weighted by atomic mass is 10.2. The molecule has 0 saturated heterocycles. The van der Waals surface area contributed by atoms with E-state index in [-0.39, 0.29) is 23.1 Å². The molecule has 3 rings (SSSR count). The van der Waals surface area contributed by atoms with E-state index in [1.165, 1.54) is 6.07 Å². The van der Waals surface area contributed by atoms with Gasteiger partial charge in [-0.15, -0.1) is 0 Å². The Hall–Kier alpha value is -2.11. The maximum Gasteiger partial charge on any atom is 0.416 e. The Labute approximate surface area is 151 Å². The van der Waals surface area contributed by atoms with Crippen molar-refractivity contribution in [3.05, 3.63) is 36.0 Å². The average Bonchev–Trinajstić information content (AvgIpc) is 3.11. The number of anilines is 1. The molecule has 0 spiro atoms. The highest BCUT2D eigenvalue weighted by atomic mass is 127. The molecule has 6 nitrogen and oxygen atoms in total. The first-order valence-corrected chi connectivity index (χ1v) is 9.14. The van der Waals surface area contributed by atoms with Crippen LogP contribution in [-0.4, -0.2) is 33.2 Å². The van der Waals surface area contributed by atoms with Crippen LogP contribution in [0.25, 0.3) is 11.1 Å². The van der Waals surface area contributed by atoms with Crippen LogP contribution in [0.3, 0.4) is 0 Å². The van der Waals surface area contributed by atoms with Crippen LogP contribution in [0.2, 0.25) is 0 Å². The maximum absolute atomic E-state index is 12.7. The number of nitrogens with one attached hydrogen (secondary N) is 1. The van der Waals surface area contributed by atoms with Gasteiger partial charge in [-0.3, -0.25) is 5.32 Å². The molecule has 1 N–H and O–H groups in total. The van der Waals surface area contributed by atoms with Gasteiger partial charge in [0.25, 0.3) is 0 Å². The molecule has 0 unspecified atom stereocenters. The van der Waals surface area contributed by atoms with Gasteiger partial charge in [0, 0.05) is 12.7 Å². The smallest absolute Gasteiger partial charge is 0.416 e. The third kappa shape index (κ3) is 4.11. The molecular weight excluding hydrogens is 452 g/mol. The number of rotatable bonds is 4. The van der Waals surface area contributed by atoms with Gasteiger partial charge in [0.1, 0.15) is 5.52 Å². The van der Waals surface area contributed by atoms with Crippen LogP contribution in [0, 0.1) is 0 Å². The summed E-state index contributed by atoms with van der Waals surface area (Å²) in [7, 11) is 1.90. The number of likely N-dealkylation sites (N-methyl/N-ethyl adjacent to an activating group) is 1. The topological polar surface area (TPSA) is 62.9 Å². The Kier molecular flexibility index (Phi) is 4.71. The quantitative estimate of drug-likeness (QED) is 0.688. The van der Waals surface area contributed by atoms with Crippen LogP contribution in [0.5, 0.6) is 0 Å². The first-order valence-electron chi connectivity index (χ1n) is 7.09. The fourth-order valence-electron chi connectivity index (χ4n) is 1.90. The number of alkyl halides is 3. The highest BCUT2D eigenvalue weighted by molar-refractivity contribution is 14.2. The summed E-state index contributed by atoms with van der Waals surface area (Å²) >= 11 is -0.648. The third-order valence-corrected chi connectivity index (χ3v) is 5.14. The van der Waals surface area contributed by atoms with E-state index in [1.54, 1.807) is 0 Å². The molecule has 1 aliphatic heterocycles. The van der Waals surface area contributed by atoms with E-state index in [4.69, 9.17) is 9.15 Å². The lowest BCUT2D eigenvalue weighted by Gasteiger charge is -2.18. The standard InChI is InChI=1S/C15H14F3IN4O2/c1-8(2)23(3)7-12-19-22-14(25-12)21-13-20-10-6-9(15(16,17)18)4-5-11(10)24-13/h4-6H,1,7H2,2-3H3,(H,20,21,22). The zero-order chi connectivity index (χ0) is 18.2. The molecule has 10 heteroatoms. The molecule has 1 aromatic heterocycles. The molecule has 0 amide bonds. The summed E-state index contributed by atoms with van der Waals surface area (Å²) in [4.78, 5) is 5.94. The highest BCUT2D eigenvalue weighted by Gasteiger charge is 2.31. The number of halogens is 4. The molecule has 2 aromatic rings. The van der Waals surface area contributed by atoms with Gasteiger partial charge in [-0.25, -0.2) is 0 Å². The van der Waals surface area contributed by atoms with Crippen molar-refractivity contribution in [2.45, 2.75) is 13.1 Å². The normalized spacial score (nSPS) is 14.4. The number of hydrogen-bond acceptors (Lipinski definition) is 6. The van der Waals surface area contributed by atoms with Crippen LogP contribution in [-0.2, 0) is 10.9 Å². The van der Waals surface area contributed by atoms with E-state index in [2.05, 4.69) is 20.1 Å². The molecule has 0 atom stereocenters. The van der Waals surface area contributed by atoms with Gasteiger partial charge in [-0.05, 0) is 25.1 Å². The summed E-state index contributed by atoms with van der Waals surface area (Å²) in [6, 6.07) is 3.39. The SMILES string of the molecule is C=C(C)N(C)CC1=IN=C(Nc2nc3cc(C(F)(F)F)ccc3o2)O1. The molecule has 2 heterocycles. The minimum absolute atomic E-state index is 0.0339. The van der Waals surface area contributed by atoms with Crippen LogP contribution >= 0.6 is 21.0 Å². The predicted octanol–water partition coefficient (Wildman–Crippen LogP) is 4.13. The van der Waals surface area contributed by atoms with Gasteiger partial charge in [0.05, 0.1) is 33.1 Å². The lowest BCUT2D eigenvalue weighted by Crippen LogP contribution is -2.26. The Morgan fingerprint density at radius 2 is 2.16 bits per heavy atom. The summed E-state index contributed by atoms with van der Waals surface area (Å²) in [5.74, 6) is 0. The van der Waals surface area contributed by atoms with E-state index < -0.39 is 32.7 Å². The second-order valence-electron chi connectivity index (χ2n) is 5.35. The molecule has 1 aromatic carbocycles. The van der Waals surface area contributed by atoms with Crippen molar-refractivity contribution in [1.82, 2.24) is 9.88 Å². The number of amidine groups is 1. The fourth-order valence-corrected chi connectivity index (χ4v) is 3.58. The third-order valence-electron chi connectivity index (χ3n) is 3.36. The number of benzene rings is 1. The number of fused-ring (bicyclic) bond motifs is 1. The molecule has 0 radical (unpaired) electrons. The maximum atomic E-state index is 12.7. The first-order chi connectivity index (χ1) is 11.7. The summed E-state index contributed by atoms with van der Waals surface area (Å²) < 4.78 is 54.3.